The van der Waals surface area contributed by atoms with Crippen LogP contribution in [0.4, 0.5) is 8.78 Å². The number of benzene rings is 1. The van der Waals surface area contributed by atoms with Gasteiger partial charge < -0.3 is 0 Å². The Labute approximate surface area is 113 Å². The zero-order chi connectivity index (χ0) is 13.9. The lowest BCUT2D eigenvalue weighted by molar-refractivity contribution is 0.532. The first-order valence-corrected chi connectivity index (χ1v) is 7.33. The van der Waals surface area contributed by atoms with Crippen molar-refractivity contribution in [3.63, 3.8) is 0 Å². The van der Waals surface area contributed by atoms with Gasteiger partial charge in [0.25, 0.3) is 0 Å². The first kappa shape index (κ1) is 15.3. The molecule has 1 aromatic carbocycles. The number of hydrogen-bond donors (Lipinski definition) is 1. The van der Waals surface area contributed by atoms with Gasteiger partial charge in [-0.1, -0.05) is 6.08 Å². The van der Waals surface area contributed by atoms with Crippen LogP contribution in [-0.2, 0) is 10.0 Å². The molecule has 0 spiro atoms. The van der Waals surface area contributed by atoms with Crippen molar-refractivity contribution in [2.45, 2.75) is 24.3 Å². The van der Waals surface area contributed by atoms with Crippen LogP contribution in [0.3, 0.4) is 0 Å². The zero-order valence-electron chi connectivity index (χ0n) is 9.58. The van der Waals surface area contributed by atoms with Crippen LogP contribution in [0.1, 0.15) is 13.3 Å². The summed E-state index contributed by atoms with van der Waals surface area (Å²) in [5.41, 5.74) is 0. The number of nitrogens with one attached hydrogen (secondary N) is 1. The first-order chi connectivity index (χ1) is 8.27. The third kappa shape index (κ3) is 3.60. The summed E-state index contributed by atoms with van der Waals surface area (Å²) in [4.78, 5) is -0.597. The average Bonchev–Trinajstić information content (AvgIpc) is 2.13. The molecule has 1 aromatic rings. The van der Waals surface area contributed by atoms with E-state index in [9.17, 15) is 17.2 Å². The van der Waals surface area contributed by atoms with Crippen LogP contribution in [-0.4, -0.2) is 14.5 Å². The Bertz CT molecular complexity index is 537. The lowest BCUT2D eigenvalue weighted by Gasteiger charge is -2.14. The summed E-state index contributed by atoms with van der Waals surface area (Å²) < 4.78 is 52.4. The van der Waals surface area contributed by atoms with Crippen LogP contribution in [0.2, 0.25) is 0 Å². The van der Waals surface area contributed by atoms with Gasteiger partial charge in [0.05, 0.1) is 0 Å². The quantitative estimate of drug-likeness (QED) is 0.838. The summed E-state index contributed by atoms with van der Waals surface area (Å²) >= 11 is 2.84. The number of halogens is 3. The van der Waals surface area contributed by atoms with Gasteiger partial charge in [0, 0.05) is 16.6 Å². The molecule has 0 aliphatic heterocycles. The number of hydrogen-bond acceptors (Lipinski definition) is 2. The minimum atomic E-state index is -4.05. The van der Waals surface area contributed by atoms with Crippen molar-refractivity contribution in [3.8, 4) is 0 Å². The van der Waals surface area contributed by atoms with Gasteiger partial charge in [-0.3, -0.25) is 0 Å². The molecule has 0 radical (unpaired) electrons. The second kappa shape index (κ2) is 5.90. The predicted octanol–water partition coefficient (Wildman–Crippen LogP) is 2.97. The Balaban J connectivity index is 3.17. The van der Waals surface area contributed by atoms with E-state index < -0.39 is 32.6 Å². The van der Waals surface area contributed by atoms with Crippen LogP contribution in [0.25, 0.3) is 0 Å². The van der Waals surface area contributed by atoms with Crippen molar-refractivity contribution in [2.24, 2.45) is 0 Å². The van der Waals surface area contributed by atoms with E-state index in [2.05, 4.69) is 27.2 Å². The maximum atomic E-state index is 13.5. The Morgan fingerprint density at radius 1 is 1.50 bits per heavy atom. The molecule has 0 amide bonds. The topological polar surface area (TPSA) is 46.2 Å². The van der Waals surface area contributed by atoms with E-state index in [1.165, 1.54) is 0 Å². The lowest BCUT2D eigenvalue weighted by Crippen LogP contribution is -2.33. The first-order valence-electron chi connectivity index (χ1n) is 5.05. The van der Waals surface area contributed by atoms with Gasteiger partial charge in [-0.2, -0.15) is 0 Å². The van der Waals surface area contributed by atoms with Crippen molar-refractivity contribution >= 4 is 26.0 Å². The summed E-state index contributed by atoms with van der Waals surface area (Å²) in [6.07, 6.45) is 1.95. The van der Waals surface area contributed by atoms with E-state index >= 15 is 0 Å². The molecule has 0 heterocycles. The highest BCUT2D eigenvalue weighted by molar-refractivity contribution is 9.10. The maximum absolute atomic E-state index is 13.5. The van der Waals surface area contributed by atoms with Gasteiger partial charge in [0.2, 0.25) is 10.0 Å². The van der Waals surface area contributed by atoms with Gasteiger partial charge in [-0.05, 0) is 35.3 Å². The molecule has 1 unspecified atom stereocenters. The molecule has 0 aliphatic rings. The molecule has 3 nitrogen and oxygen atoms in total. The Morgan fingerprint density at radius 2 is 2.11 bits per heavy atom. The van der Waals surface area contributed by atoms with Crippen LogP contribution in [0.15, 0.2) is 34.2 Å². The van der Waals surface area contributed by atoms with Crippen molar-refractivity contribution in [3.05, 3.63) is 40.9 Å². The van der Waals surface area contributed by atoms with Crippen molar-refractivity contribution in [1.29, 1.82) is 0 Å². The highest BCUT2D eigenvalue weighted by Crippen LogP contribution is 2.26. The minimum Gasteiger partial charge on any atom is -0.208 e. The van der Waals surface area contributed by atoms with E-state index in [0.29, 0.717) is 12.5 Å². The van der Waals surface area contributed by atoms with E-state index in [1.54, 1.807) is 13.0 Å². The van der Waals surface area contributed by atoms with Crippen molar-refractivity contribution in [2.75, 3.05) is 0 Å². The third-order valence-electron chi connectivity index (χ3n) is 2.11. The fraction of sp³-hybridized carbons (Fsp3) is 0.273. The molecule has 0 fully saturated rings. The Kier molecular flexibility index (Phi) is 5.01. The highest BCUT2D eigenvalue weighted by atomic mass is 79.9. The van der Waals surface area contributed by atoms with E-state index in [1.807, 2.05) is 0 Å². The highest BCUT2D eigenvalue weighted by Gasteiger charge is 2.24. The standard InChI is InChI=1S/C11H12BrF2NO2S/c1-3-4-7(2)15-18(16,17)11-9(12)5-8(13)6-10(11)14/h3,5-7,15H,1,4H2,2H3. The SMILES string of the molecule is C=CCC(C)NS(=O)(=O)c1c(F)cc(F)cc1Br. The van der Waals surface area contributed by atoms with E-state index in [4.69, 9.17) is 0 Å². The summed E-state index contributed by atoms with van der Waals surface area (Å²) in [5, 5.41) is 0. The van der Waals surface area contributed by atoms with Gasteiger partial charge in [-0.25, -0.2) is 21.9 Å². The number of sulfonamides is 1. The molecule has 0 aliphatic carbocycles. The molecule has 1 rings (SSSR count). The molecule has 0 saturated heterocycles. The maximum Gasteiger partial charge on any atom is 0.244 e. The molecule has 18 heavy (non-hydrogen) atoms. The van der Waals surface area contributed by atoms with Crippen LogP contribution < -0.4 is 4.72 Å². The van der Waals surface area contributed by atoms with Crippen molar-refractivity contribution in [1.82, 2.24) is 4.72 Å². The van der Waals surface area contributed by atoms with E-state index in [0.717, 1.165) is 6.07 Å². The normalized spacial score (nSPS) is 13.3. The molecule has 1 N–H and O–H groups in total. The summed E-state index contributed by atoms with van der Waals surface area (Å²) in [6, 6.07) is 0.997. The molecule has 1 atom stereocenters. The summed E-state index contributed by atoms with van der Waals surface area (Å²) in [5.74, 6) is -1.99. The van der Waals surface area contributed by atoms with Gasteiger partial charge in [0.1, 0.15) is 16.5 Å². The number of rotatable bonds is 5. The van der Waals surface area contributed by atoms with Gasteiger partial charge in [-0.15, -0.1) is 6.58 Å². The Hall–Kier alpha value is -0.790. The largest absolute Gasteiger partial charge is 0.244 e. The monoisotopic (exact) mass is 339 g/mol. The molecule has 7 heteroatoms. The second-order valence-electron chi connectivity index (χ2n) is 3.75. The fourth-order valence-electron chi connectivity index (χ4n) is 1.41. The summed E-state index contributed by atoms with van der Waals surface area (Å²) in [7, 11) is -4.05. The minimum absolute atomic E-state index is 0.154. The molecule has 0 saturated carbocycles. The zero-order valence-corrected chi connectivity index (χ0v) is 12.0. The molecule has 0 aromatic heterocycles. The lowest BCUT2D eigenvalue weighted by atomic mass is 10.3. The average molecular weight is 340 g/mol. The van der Waals surface area contributed by atoms with Gasteiger partial charge >= 0.3 is 0 Å². The molecule has 100 valence electrons. The van der Waals surface area contributed by atoms with Crippen LogP contribution in [0.5, 0.6) is 0 Å². The molecule has 0 bridgehead atoms. The van der Waals surface area contributed by atoms with E-state index in [-0.39, 0.29) is 4.47 Å². The van der Waals surface area contributed by atoms with Gasteiger partial charge in [0.15, 0.2) is 0 Å². The summed E-state index contributed by atoms with van der Waals surface area (Å²) in [6.45, 7) is 5.10. The fourth-order valence-corrected chi connectivity index (χ4v) is 3.83. The predicted molar refractivity (Wildman–Crippen MR) is 68.7 cm³/mol. The van der Waals surface area contributed by atoms with Crippen LogP contribution in [0, 0.1) is 11.6 Å². The Morgan fingerprint density at radius 3 is 2.61 bits per heavy atom. The third-order valence-corrected chi connectivity index (χ3v) is 4.66. The van der Waals surface area contributed by atoms with Crippen molar-refractivity contribution < 1.29 is 17.2 Å². The smallest absolute Gasteiger partial charge is 0.208 e. The van der Waals surface area contributed by atoms with Crippen LogP contribution >= 0.6 is 15.9 Å². The molecular formula is C11H12BrF2NO2S. The molecular weight excluding hydrogens is 328 g/mol. The second-order valence-corrected chi connectivity index (χ2v) is 6.25.